The van der Waals surface area contributed by atoms with Crippen molar-refractivity contribution >= 4 is 16.7 Å². The second kappa shape index (κ2) is 4.86. The average molecular weight is 281 g/mol. The van der Waals surface area contributed by atoms with Gasteiger partial charge < -0.3 is 4.42 Å². The number of non-ortho nitro benzene ring substituents is 1. The van der Waals surface area contributed by atoms with Gasteiger partial charge in [-0.05, 0) is 18.6 Å². The van der Waals surface area contributed by atoms with Crippen molar-refractivity contribution in [1.82, 2.24) is 0 Å². The van der Waals surface area contributed by atoms with Crippen LogP contribution in [0.3, 0.4) is 0 Å². The van der Waals surface area contributed by atoms with E-state index in [1.54, 1.807) is 0 Å². The SMILES string of the molecule is Cc1ccc(-c2cc(=O)oc3ccc([N+](=O)[O-])cc23)cc1. The first-order valence-corrected chi connectivity index (χ1v) is 6.34. The minimum atomic E-state index is -0.480. The summed E-state index contributed by atoms with van der Waals surface area (Å²) in [5.41, 5.74) is 2.36. The molecule has 0 aliphatic carbocycles. The summed E-state index contributed by atoms with van der Waals surface area (Å²) in [7, 11) is 0. The van der Waals surface area contributed by atoms with E-state index in [1.807, 2.05) is 31.2 Å². The molecule has 0 unspecified atom stereocenters. The van der Waals surface area contributed by atoms with Crippen molar-refractivity contribution in [3.63, 3.8) is 0 Å². The molecule has 0 radical (unpaired) electrons. The van der Waals surface area contributed by atoms with E-state index in [4.69, 9.17) is 4.42 Å². The van der Waals surface area contributed by atoms with Gasteiger partial charge in [0.25, 0.3) is 5.69 Å². The van der Waals surface area contributed by atoms with Gasteiger partial charge in [-0.3, -0.25) is 10.1 Å². The summed E-state index contributed by atoms with van der Waals surface area (Å²) in [4.78, 5) is 22.1. The Hall–Kier alpha value is -2.95. The van der Waals surface area contributed by atoms with Gasteiger partial charge in [-0.15, -0.1) is 0 Å². The van der Waals surface area contributed by atoms with Crippen LogP contribution < -0.4 is 5.63 Å². The monoisotopic (exact) mass is 281 g/mol. The summed E-state index contributed by atoms with van der Waals surface area (Å²) in [5.74, 6) is 0. The number of nitrogens with zero attached hydrogens (tertiary/aromatic N) is 1. The van der Waals surface area contributed by atoms with Crippen LogP contribution in [0.5, 0.6) is 0 Å². The highest BCUT2D eigenvalue weighted by Gasteiger charge is 2.12. The molecule has 0 aliphatic rings. The molecule has 0 spiro atoms. The van der Waals surface area contributed by atoms with Gasteiger partial charge in [-0.2, -0.15) is 0 Å². The molecule has 21 heavy (non-hydrogen) atoms. The predicted octanol–water partition coefficient (Wildman–Crippen LogP) is 3.68. The van der Waals surface area contributed by atoms with Gasteiger partial charge in [0, 0.05) is 29.1 Å². The molecule has 5 heteroatoms. The van der Waals surface area contributed by atoms with Crippen LogP contribution in [-0.4, -0.2) is 4.92 Å². The van der Waals surface area contributed by atoms with Gasteiger partial charge >= 0.3 is 5.63 Å². The van der Waals surface area contributed by atoms with E-state index >= 15 is 0 Å². The van der Waals surface area contributed by atoms with Gasteiger partial charge in [0.1, 0.15) is 5.58 Å². The third kappa shape index (κ3) is 2.41. The largest absolute Gasteiger partial charge is 0.423 e. The first-order valence-electron chi connectivity index (χ1n) is 6.34. The van der Waals surface area contributed by atoms with Crippen LogP contribution in [0.1, 0.15) is 5.56 Å². The second-order valence-corrected chi connectivity index (χ2v) is 4.78. The van der Waals surface area contributed by atoms with E-state index < -0.39 is 10.5 Å². The Balaban J connectivity index is 2.34. The Kier molecular flexibility index (Phi) is 3.02. The molecule has 3 rings (SSSR count). The quantitative estimate of drug-likeness (QED) is 0.408. The van der Waals surface area contributed by atoms with E-state index in [1.165, 1.54) is 24.3 Å². The average Bonchev–Trinajstić information content (AvgIpc) is 2.46. The van der Waals surface area contributed by atoms with E-state index in [2.05, 4.69) is 0 Å². The van der Waals surface area contributed by atoms with Gasteiger partial charge in [0.05, 0.1) is 4.92 Å². The summed E-state index contributed by atoms with van der Waals surface area (Å²) in [5, 5.41) is 11.5. The lowest BCUT2D eigenvalue weighted by molar-refractivity contribution is -0.384. The number of aryl methyl sites for hydroxylation is 1. The summed E-state index contributed by atoms with van der Waals surface area (Å²) < 4.78 is 5.10. The number of nitro groups is 1. The molecular formula is C16H11NO4. The van der Waals surface area contributed by atoms with Crippen molar-refractivity contribution in [3.05, 3.63) is 74.6 Å². The standard InChI is InChI=1S/C16H11NO4/c1-10-2-4-11(5-3-10)13-9-16(18)21-15-7-6-12(17(19)20)8-14(13)15/h2-9H,1H3. The first kappa shape index (κ1) is 13.1. The summed E-state index contributed by atoms with van der Waals surface area (Å²) in [6.07, 6.45) is 0. The maximum absolute atomic E-state index is 11.7. The maximum atomic E-state index is 11.7. The highest BCUT2D eigenvalue weighted by Crippen LogP contribution is 2.30. The molecule has 0 amide bonds. The molecule has 2 aromatic carbocycles. The predicted molar refractivity (Wildman–Crippen MR) is 79.3 cm³/mol. The fourth-order valence-electron chi connectivity index (χ4n) is 2.24. The molecule has 1 heterocycles. The lowest BCUT2D eigenvalue weighted by Crippen LogP contribution is -1.98. The molecule has 3 aromatic rings. The summed E-state index contributed by atoms with van der Waals surface area (Å²) in [6, 6.07) is 13.2. The highest BCUT2D eigenvalue weighted by atomic mass is 16.6. The van der Waals surface area contributed by atoms with Crippen LogP contribution >= 0.6 is 0 Å². The molecule has 0 saturated carbocycles. The van der Waals surface area contributed by atoms with Crippen molar-refractivity contribution in [2.24, 2.45) is 0 Å². The van der Waals surface area contributed by atoms with Crippen LogP contribution in [0.4, 0.5) is 5.69 Å². The zero-order valence-electron chi connectivity index (χ0n) is 11.2. The zero-order valence-corrected chi connectivity index (χ0v) is 11.2. The zero-order chi connectivity index (χ0) is 15.0. The Labute approximate surface area is 119 Å². The van der Waals surface area contributed by atoms with Crippen molar-refractivity contribution in [2.75, 3.05) is 0 Å². The molecule has 5 nitrogen and oxygen atoms in total. The molecule has 104 valence electrons. The molecular weight excluding hydrogens is 270 g/mol. The Morgan fingerprint density at radius 3 is 2.43 bits per heavy atom. The molecule has 0 bridgehead atoms. The number of benzene rings is 2. The molecule has 0 fully saturated rings. The van der Waals surface area contributed by atoms with Crippen LogP contribution in [0.25, 0.3) is 22.1 Å². The topological polar surface area (TPSA) is 73.3 Å². The highest BCUT2D eigenvalue weighted by molar-refractivity contribution is 5.94. The van der Waals surface area contributed by atoms with Gasteiger partial charge in [0.15, 0.2) is 0 Å². The van der Waals surface area contributed by atoms with Crippen molar-refractivity contribution in [2.45, 2.75) is 6.92 Å². The summed E-state index contributed by atoms with van der Waals surface area (Å²) in [6.45, 7) is 1.96. The first-order chi connectivity index (χ1) is 10.0. The van der Waals surface area contributed by atoms with Gasteiger partial charge in [-0.25, -0.2) is 4.79 Å². The van der Waals surface area contributed by atoms with Crippen LogP contribution in [0.15, 0.2) is 57.7 Å². The Bertz CT molecular complexity index is 894. The van der Waals surface area contributed by atoms with E-state index in [9.17, 15) is 14.9 Å². The lowest BCUT2D eigenvalue weighted by Gasteiger charge is -2.06. The maximum Gasteiger partial charge on any atom is 0.336 e. The van der Waals surface area contributed by atoms with Gasteiger partial charge in [0.2, 0.25) is 0 Å². The minimum Gasteiger partial charge on any atom is -0.423 e. The second-order valence-electron chi connectivity index (χ2n) is 4.78. The van der Waals surface area contributed by atoms with E-state index in [0.717, 1.165) is 11.1 Å². The minimum absolute atomic E-state index is 0.0373. The normalized spacial score (nSPS) is 10.7. The number of rotatable bonds is 2. The molecule has 0 aliphatic heterocycles. The number of fused-ring (bicyclic) bond motifs is 1. The smallest absolute Gasteiger partial charge is 0.336 e. The number of nitro benzene ring substituents is 1. The Morgan fingerprint density at radius 1 is 1.05 bits per heavy atom. The van der Waals surface area contributed by atoms with Crippen LogP contribution in [0.2, 0.25) is 0 Å². The lowest BCUT2D eigenvalue weighted by atomic mass is 10.0. The third-order valence-corrected chi connectivity index (χ3v) is 3.30. The molecule has 0 atom stereocenters. The van der Waals surface area contributed by atoms with E-state index in [-0.39, 0.29) is 5.69 Å². The summed E-state index contributed by atoms with van der Waals surface area (Å²) >= 11 is 0. The third-order valence-electron chi connectivity index (χ3n) is 3.30. The molecule has 1 aromatic heterocycles. The molecule has 0 N–H and O–H groups in total. The van der Waals surface area contributed by atoms with Crippen molar-refractivity contribution in [1.29, 1.82) is 0 Å². The number of hydrogen-bond donors (Lipinski definition) is 0. The van der Waals surface area contributed by atoms with Crippen LogP contribution in [0, 0.1) is 17.0 Å². The van der Waals surface area contributed by atoms with Crippen molar-refractivity contribution < 1.29 is 9.34 Å². The van der Waals surface area contributed by atoms with Crippen molar-refractivity contribution in [3.8, 4) is 11.1 Å². The fourth-order valence-corrected chi connectivity index (χ4v) is 2.24. The number of hydrogen-bond acceptors (Lipinski definition) is 4. The molecule has 0 saturated heterocycles. The van der Waals surface area contributed by atoms with Crippen LogP contribution in [-0.2, 0) is 0 Å². The van der Waals surface area contributed by atoms with E-state index in [0.29, 0.717) is 16.5 Å². The Morgan fingerprint density at radius 2 is 1.76 bits per heavy atom. The van der Waals surface area contributed by atoms with Gasteiger partial charge in [-0.1, -0.05) is 29.8 Å². The fraction of sp³-hybridized carbons (Fsp3) is 0.0625.